The molecule has 0 saturated heterocycles. The Bertz CT molecular complexity index is 537. The SMILES string of the molecule is CC1=C[C@@H]2[C@@H]3[C@@H](C(C)C)CC[C@]3(C)CC(=O)[C@@]2(C)[C@@H](O)[C@@H](O)C1. The van der Waals surface area contributed by atoms with Crippen LogP contribution in [-0.4, -0.2) is 28.2 Å². The van der Waals surface area contributed by atoms with E-state index in [-0.39, 0.29) is 17.1 Å². The predicted molar refractivity (Wildman–Crippen MR) is 90.8 cm³/mol. The summed E-state index contributed by atoms with van der Waals surface area (Å²) in [5, 5.41) is 21.2. The highest BCUT2D eigenvalue weighted by atomic mass is 16.3. The van der Waals surface area contributed by atoms with Gasteiger partial charge in [-0.3, -0.25) is 4.79 Å². The van der Waals surface area contributed by atoms with E-state index in [9.17, 15) is 15.0 Å². The maximum atomic E-state index is 13.1. The number of fused-ring (bicyclic) bond motifs is 3. The molecule has 7 atom stereocenters. The first-order valence-electron chi connectivity index (χ1n) is 9.18. The van der Waals surface area contributed by atoms with Crippen molar-refractivity contribution in [3.8, 4) is 0 Å². The van der Waals surface area contributed by atoms with Crippen molar-refractivity contribution < 1.29 is 15.0 Å². The molecule has 130 valence electrons. The molecule has 0 aromatic heterocycles. The van der Waals surface area contributed by atoms with Crippen molar-refractivity contribution in [1.82, 2.24) is 0 Å². The minimum absolute atomic E-state index is 0.0378. The molecule has 3 aliphatic rings. The second kappa shape index (κ2) is 5.42. The van der Waals surface area contributed by atoms with E-state index in [0.29, 0.717) is 30.6 Å². The summed E-state index contributed by atoms with van der Waals surface area (Å²) in [4.78, 5) is 13.1. The molecule has 3 aliphatic carbocycles. The highest BCUT2D eigenvalue weighted by Gasteiger charge is 2.63. The summed E-state index contributed by atoms with van der Waals surface area (Å²) >= 11 is 0. The monoisotopic (exact) mass is 320 g/mol. The third kappa shape index (κ3) is 2.34. The van der Waals surface area contributed by atoms with Gasteiger partial charge in [0.05, 0.1) is 17.6 Å². The van der Waals surface area contributed by atoms with E-state index in [0.717, 1.165) is 12.0 Å². The largest absolute Gasteiger partial charge is 0.390 e. The van der Waals surface area contributed by atoms with Gasteiger partial charge in [-0.05, 0) is 62.2 Å². The molecule has 0 bridgehead atoms. The lowest BCUT2D eigenvalue weighted by molar-refractivity contribution is -0.163. The summed E-state index contributed by atoms with van der Waals surface area (Å²) in [5.74, 6) is 1.77. The lowest BCUT2D eigenvalue weighted by Gasteiger charge is -2.53. The summed E-state index contributed by atoms with van der Waals surface area (Å²) in [6.07, 6.45) is 3.70. The van der Waals surface area contributed by atoms with Gasteiger partial charge in [0.15, 0.2) is 0 Å². The number of aliphatic hydroxyl groups excluding tert-OH is 2. The molecule has 2 N–H and O–H groups in total. The fraction of sp³-hybridized carbons (Fsp3) is 0.850. The van der Waals surface area contributed by atoms with Crippen molar-refractivity contribution >= 4 is 5.78 Å². The quantitative estimate of drug-likeness (QED) is 0.729. The Morgan fingerprint density at radius 1 is 1.26 bits per heavy atom. The maximum absolute atomic E-state index is 13.1. The molecular formula is C20H32O3. The van der Waals surface area contributed by atoms with Crippen molar-refractivity contribution in [3.63, 3.8) is 0 Å². The van der Waals surface area contributed by atoms with Crippen LogP contribution in [0.1, 0.15) is 60.3 Å². The van der Waals surface area contributed by atoms with Crippen LogP contribution >= 0.6 is 0 Å². The number of Topliss-reactive ketones (excluding diaryl/α,β-unsaturated/α-hetero) is 1. The molecule has 0 aromatic rings. The number of carbonyl (C=O) groups excluding carboxylic acids is 1. The summed E-state index contributed by atoms with van der Waals surface area (Å²) in [7, 11) is 0. The predicted octanol–water partition coefficient (Wildman–Crippen LogP) is 3.34. The van der Waals surface area contributed by atoms with Gasteiger partial charge in [0.2, 0.25) is 0 Å². The first-order chi connectivity index (χ1) is 10.6. The zero-order valence-electron chi connectivity index (χ0n) is 15.2. The zero-order valence-corrected chi connectivity index (χ0v) is 15.2. The van der Waals surface area contributed by atoms with Gasteiger partial charge in [0.25, 0.3) is 0 Å². The minimum atomic E-state index is -0.966. The molecule has 23 heavy (non-hydrogen) atoms. The number of ketones is 1. The molecular weight excluding hydrogens is 288 g/mol. The van der Waals surface area contributed by atoms with Gasteiger partial charge in [-0.25, -0.2) is 0 Å². The molecule has 0 aliphatic heterocycles. The van der Waals surface area contributed by atoms with E-state index < -0.39 is 17.6 Å². The molecule has 0 spiro atoms. The molecule has 3 heteroatoms. The normalized spacial score (nSPS) is 50.3. The van der Waals surface area contributed by atoms with Crippen LogP contribution in [0.4, 0.5) is 0 Å². The summed E-state index contributed by atoms with van der Waals surface area (Å²) in [5.41, 5.74) is 0.303. The van der Waals surface area contributed by atoms with Gasteiger partial charge in [-0.1, -0.05) is 32.4 Å². The van der Waals surface area contributed by atoms with Gasteiger partial charge in [-0.2, -0.15) is 0 Å². The fourth-order valence-electron chi connectivity index (χ4n) is 5.98. The summed E-state index contributed by atoms with van der Waals surface area (Å²) in [6, 6.07) is 0. The number of allylic oxidation sites excluding steroid dienone is 1. The van der Waals surface area contributed by atoms with E-state index in [4.69, 9.17) is 0 Å². The van der Waals surface area contributed by atoms with E-state index in [2.05, 4.69) is 26.8 Å². The molecule has 3 nitrogen and oxygen atoms in total. The third-order valence-corrected chi connectivity index (χ3v) is 7.39. The maximum Gasteiger partial charge on any atom is 0.142 e. The second-order valence-corrected chi connectivity index (χ2v) is 9.26. The average molecular weight is 320 g/mol. The number of hydrogen-bond acceptors (Lipinski definition) is 3. The fourth-order valence-corrected chi connectivity index (χ4v) is 5.98. The van der Waals surface area contributed by atoms with Gasteiger partial charge in [0, 0.05) is 6.42 Å². The Morgan fingerprint density at radius 3 is 2.52 bits per heavy atom. The Morgan fingerprint density at radius 2 is 1.91 bits per heavy atom. The van der Waals surface area contributed by atoms with Gasteiger partial charge in [-0.15, -0.1) is 0 Å². The first-order valence-corrected chi connectivity index (χ1v) is 9.18. The van der Waals surface area contributed by atoms with Crippen LogP contribution in [0.5, 0.6) is 0 Å². The first kappa shape index (κ1) is 17.2. The van der Waals surface area contributed by atoms with E-state index in [1.807, 2.05) is 13.8 Å². The molecule has 2 saturated carbocycles. The third-order valence-electron chi connectivity index (χ3n) is 7.39. The van der Waals surface area contributed by atoms with Crippen LogP contribution in [0, 0.1) is 34.5 Å². The highest BCUT2D eigenvalue weighted by molar-refractivity contribution is 5.88. The summed E-state index contributed by atoms with van der Waals surface area (Å²) < 4.78 is 0. The molecule has 0 amide bonds. The molecule has 0 unspecified atom stereocenters. The zero-order chi connectivity index (χ0) is 17.2. The Balaban J connectivity index is 2.14. The van der Waals surface area contributed by atoms with Crippen molar-refractivity contribution in [2.75, 3.05) is 0 Å². The van der Waals surface area contributed by atoms with Crippen LogP contribution in [-0.2, 0) is 4.79 Å². The van der Waals surface area contributed by atoms with E-state index >= 15 is 0 Å². The molecule has 0 aromatic carbocycles. The Kier molecular flexibility index (Phi) is 4.04. The topological polar surface area (TPSA) is 57.5 Å². The highest BCUT2D eigenvalue weighted by Crippen LogP contribution is 2.64. The second-order valence-electron chi connectivity index (χ2n) is 9.26. The standard InChI is InChI=1S/C20H32O3/c1-11(2)13-6-7-19(4)10-16(22)20(5)14(17(13)19)8-12(3)9-15(21)18(20)23/h8,11,13-15,17-18,21,23H,6-7,9-10H2,1-5H3/t13-,14-,15+,17+,18+,19-,20+/m1/s1. The molecule has 2 fully saturated rings. The number of hydrogen-bond donors (Lipinski definition) is 2. The van der Waals surface area contributed by atoms with Crippen molar-refractivity contribution in [1.29, 1.82) is 0 Å². The van der Waals surface area contributed by atoms with E-state index in [1.54, 1.807) is 0 Å². The number of carbonyl (C=O) groups is 1. The lowest BCUT2D eigenvalue weighted by atomic mass is 9.50. The van der Waals surface area contributed by atoms with Crippen LogP contribution in [0.15, 0.2) is 11.6 Å². The molecule has 0 radical (unpaired) electrons. The Hall–Kier alpha value is -0.670. The van der Waals surface area contributed by atoms with Crippen LogP contribution in [0.2, 0.25) is 0 Å². The molecule has 0 heterocycles. The van der Waals surface area contributed by atoms with Crippen molar-refractivity contribution in [3.05, 3.63) is 11.6 Å². The van der Waals surface area contributed by atoms with Gasteiger partial charge < -0.3 is 10.2 Å². The van der Waals surface area contributed by atoms with Crippen LogP contribution < -0.4 is 0 Å². The number of aliphatic hydroxyl groups is 2. The van der Waals surface area contributed by atoms with E-state index in [1.165, 1.54) is 6.42 Å². The summed E-state index contributed by atoms with van der Waals surface area (Å²) in [6.45, 7) is 10.8. The van der Waals surface area contributed by atoms with Crippen LogP contribution in [0.25, 0.3) is 0 Å². The smallest absolute Gasteiger partial charge is 0.142 e. The molecule has 3 rings (SSSR count). The van der Waals surface area contributed by atoms with Crippen molar-refractivity contribution in [2.24, 2.45) is 34.5 Å². The van der Waals surface area contributed by atoms with Gasteiger partial charge in [0.1, 0.15) is 5.78 Å². The average Bonchev–Trinajstić information content (AvgIpc) is 2.75. The van der Waals surface area contributed by atoms with Crippen LogP contribution in [0.3, 0.4) is 0 Å². The van der Waals surface area contributed by atoms with Gasteiger partial charge >= 0.3 is 0 Å². The number of rotatable bonds is 1. The minimum Gasteiger partial charge on any atom is -0.390 e. The Labute approximate surface area is 140 Å². The lowest BCUT2D eigenvalue weighted by Crippen LogP contribution is -2.58. The van der Waals surface area contributed by atoms with Crippen molar-refractivity contribution in [2.45, 2.75) is 72.5 Å².